The first-order valence-electron chi connectivity index (χ1n) is 11.5. The van der Waals surface area contributed by atoms with Gasteiger partial charge in [-0.25, -0.2) is 0 Å². The molecule has 5 heteroatoms. The predicted molar refractivity (Wildman–Crippen MR) is 138 cm³/mol. The van der Waals surface area contributed by atoms with Gasteiger partial charge in [0.15, 0.2) is 5.75 Å². The molecule has 0 aliphatic heterocycles. The van der Waals surface area contributed by atoms with Gasteiger partial charge in [0.2, 0.25) is 0 Å². The summed E-state index contributed by atoms with van der Waals surface area (Å²) in [6, 6.07) is 24.2. The second-order valence-electron chi connectivity index (χ2n) is 8.33. The third kappa shape index (κ3) is 4.96. The lowest BCUT2D eigenvalue weighted by atomic mass is 9.95. The zero-order valence-corrected chi connectivity index (χ0v) is 20.3. The lowest BCUT2D eigenvalue weighted by Crippen LogP contribution is -2.13. The van der Waals surface area contributed by atoms with Crippen molar-refractivity contribution in [1.29, 1.82) is 0 Å². The second kappa shape index (κ2) is 10.3. The molecule has 4 aromatic rings. The molecule has 1 aromatic heterocycles. The van der Waals surface area contributed by atoms with E-state index in [4.69, 9.17) is 18.9 Å². The molecule has 0 saturated heterocycles. The molecule has 1 heterocycles. The van der Waals surface area contributed by atoms with Crippen LogP contribution >= 0.6 is 11.3 Å². The highest BCUT2D eigenvalue weighted by Crippen LogP contribution is 2.47. The molecule has 0 spiro atoms. The number of thiophene rings is 1. The quantitative estimate of drug-likeness (QED) is 0.261. The number of hydrogen-bond acceptors (Lipinski definition) is 5. The van der Waals surface area contributed by atoms with E-state index in [9.17, 15) is 0 Å². The molecule has 5 rings (SSSR count). The van der Waals surface area contributed by atoms with Gasteiger partial charge in [-0.2, -0.15) is 0 Å². The lowest BCUT2D eigenvalue weighted by molar-refractivity contribution is 0.0964. The minimum Gasteiger partial charge on any atom is -0.497 e. The van der Waals surface area contributed by atoms with Crippen LogP contribution in [0.1, 0.15) is 29.7 Å². The Balaban J connectivity index is 1.40. The fourth-order valence-electron chi connectivity index (χ4n) is 4.19. The van der Waals surface area contributed by atoms with Crippen molar-refractivity contribution in [3.63, 3.8) is 0 Å². The average Bonchev–Trinajstić information content (AvgIpc) is 3.26. The van der Waals surface area contributed by atoms with E-state index in [0.29, 0.717) is 12.7 Å². The van der Waals surface area contributed by atoms with Crippen LogP contribution in [0.3, 0.4) is 0 Å². The largest absolute Gasteiger partial charge is 0.497 e. The zero-order valence-electron chi connectivity index (χ0n) is 19.5. The zero-order chi connectivity index (χ0) is 23.3. The predicted octanol–water partition coefficient (Wildman–Crippen LogP) is 7.86. The van der Waals surface area contributed by atoms with Gasteiger partial charge >= 0.3 is 0 Å². The van der Waals surface area contributed by atoms with Crippen LogP contribution in [0.5, 0.6) is 23.0 Å². The number of benzene rings is 3. The molecule has 174 valence electrons. The van der Waals surface area contributed by atoms with Gasteiger partial charge in [-0.15, -0.1) is 11.3 Å². The standard InChI is InChI=1S/C29H28O4S/c1-30-22-10-8-21(9-11-22)29-28(26-17-16-25(31-2)18-27(26)34-29)33-24-14-12-23(13-15-24)32-19-20-6-4-3-5-7-20/h3-8,12-18,22H,9-11,19H2,1-2H3. The average molecular weight is 473 g/mol. The fourth-order valence-corrected chi connectivity index (χ4v) is 5.41. The van der Waals surface area contributed by atoms with Crippen molar-refractivity contribution in [2.75, 3.05) is 14.2 Å². The van der Waals surface area contributed by atoms with Crippen LogP contribution in [0, 0.1) is 0 Å². The second-order valence-corrected chi connectivity index (χ2v) is 9.38. The highest BCUT2D eigenvalue weighted by Gasteiger charge is 2.22. The Morgan fingerprint density at radius 3 is 2.35 bits per heavy atom. The van der Waals surface area contributed by atoms with Crippen molar-refractivity contribution in [2.24, 2.45) is 0 Å². The highest BCUT2D eigenvalue weighted by molar-refractivity contribution is 7.20. The molecular formula is C29H28O4S. The maximum Gasteiger partial charge on any atom is 0.153 e. The van der Waals surface area contributed by atoms with E-state index in [-0.39, 0.29) is 0 Å². The Hall–Kier alpha value is -3.28. The summed E-state index contributed by atoms with van der Waals surface area (Å²) in [7, 11) is 3.49. The van der Waals surface area contributed by atoms with E-state index < -0.39 is 0 Å². The first-order valence-corrected chi connectivity index (χ1v) is 12.3. The molecule has 0 saturated carbocycles. The van der Waals surface area contributed by atoms with Crippen molar-refractivity contribution >= 4 is 27.0 Å². The van der Waals surface area contributed by atoms with Gasteiger partial charge in [0.25, 0.3) is 0 Å². The number of allylic oxidation sites excluding steroid dienone is 1. The number of ether oxygens (including phenoxy) is 4. The third-order valence-electron chi connectivity index (χ3n) is 6.13. The summed E-state index contributed by atoms with van der Waals surface area (Å²) in [5.74, 6) is 3.36. The van der Waals surface area contributed by atoms with Crippen LogP contribution in [0.15, 0.2) is 78.9 Å². The molecular weight excluding hydrogens is 444 g/mol. The minimum absolute atomic E-state index is 0.297. The molecule has 0 bridgehead atoms. The Morgan fingerprint density at radius 1 is 0.882 bits per heavy atom. The molecule has 1 aliphatic carbocycles. The van der Waals surface area contributed by atoms with E-state index >= 15 is 0 Å². The van der Waals surface area contributed by atoms with Crippen molar-refractivity contribution in [2.45, 2.75) is 32.0 Å². The molecule has 4 nitrogen and oxygen atoms in total. The van der Waals surface area contributed by atoms with Crippen LogP contribution in [-0.4, -0.2) is 20.3 Å². The van der Waals surface area contributed by atoms with E-state index in [2.05, 4.69) is 30.3 Å². The summed E-state index contributed by atoms with van der Waals surface area (Å²) in [5, 5.41) is 1.10. The van der Waals surface area contributed by atoms with Crippen molar-refractivity contribution < 1.29 is 18.9 Å². The lowest BCUT2D eigenvalue weighted by Gasteiger charge is -2.20. The van der Waals surface area contributed by atoms with E-state index in [1.165, 1.54) is 10.5 Å². The van der Waals surface area contributed by atoms with Crippen LogP contribution in [-0.2, 0) is 11.3 Å². The van der Waals surface area contributed by atoms with Gasteiger partial charge in [0, 0.05) is 17.2 Å². The Bertz CT molecular complexity index is 1270. The molecule has 0 amide bonds. The van der Waals surface area contributed by atoms with E-state index in [1.54, 1.807) is 25.6 Å². The highest BCUT2D eigenvalue weighted by atomic mass is 32.1. The van der Waals surface area contributed by atoms with Crippen LogP contribution < -0.4 is 14.2 Å². The summed E-state index contributed by atoms with van der Waals surface area (Å²) >= 11 is 1.76. The van der Waals surface area contributed by atoms with Gasteiger partial charge in [-0.1, -0.05) is 36.4 Å². The monoisotopic (exact) mass is 472 g/mol. The molecule has 1 unspecified atom stereocenters. The van der Waals surface area contributed by atoms with Crippen molar-refractivity contribution in [1.82, 2.24) is 0 Å². The van der Waals surface area contributed by atoms with E-state index in [1.807, 2.05) is 48.5 Å². The van der Waals surface area contributed by atoms with Gasteiger partial charge in [-0.05, 0) is 72.9 Å². The van der Waals surface area contributed by atoms with Crippen LogP contribution in [0.2, 0.25) is 0 Å². The third-order valence-corrected chi connectivity index (χ3v) is 7.34. The summed E-state index contributed by atoms with van der Waals surface area (Å²) in [6.07, 6.45) is 5.52. The van der Waals surface area contributed by atoms with E-state index in [0.717, 1.165) is 57.9 Å². The molecule has 3 aromatic carbocycles. The molecule has 1 aliphatic rings. The maximum absolute atomic E-state index is 6.50. The van der Waals surface area contributed by atoms with Gasteiger partial charge in [0.05, 0.1) is 18.1 Å². The smallest absolute Gasteiger partial charge is 0.153 e. The van der Waals surface area contributed by atoms with Crippen molar-refractivity contribution in [3.8, 4) is 23.0 Å². The Kier molecular flexibility index (Phi) is 6.84. The van der Waals surface area contributed by atoms with Gasteiger partial charge in [0.1, 0.15) is 23.9 Å². The number of fused-ring (bicyclic) bond motifs is 1. The molecule has 0 fully saturated rings. The number of methoxy groups -OCH3 is 2. The fraction of sp³-hybridized carbons (Fsp3) is 0.241. The summed E-state index contributed by atoms with van der Waals surface area (Å²) in [5.41, 5.74) is 2.47. The Labute approximate surface area is 204 Å². The summed E-state index contributed by atoms with van der Waals surface area (Å²) in [4.78, 5) is 1.18. The Morgan fingerprint density at radius 2 is 1.65 bits per heavy atom. The summed E-state index contributed by atoms with van der Waals surface area (Å²) in [6.45, 7) is 0.540. The molecule has 0 N–H and O–H groups in total. The molecule has 34 heavy (non-hydrogen) atoms. The van der Waals surface area contributed by atoms with Crippen LogP contribution in [0.25, 0.3) is 15.7 Å². The first-order chi connectivity index (χ1) is 16.7. The number of rotatable bonds is 8. The minimum atomic E-state index is 0.297. The topological polar surface area (TPSA) is 36.9 Å². The van der Waals surface area contributed by atoms with Gasteiger partial charge < -0.3 is 18.9 Å². The SMILES string of the molecule is COc1ccc2c(Oc3ccc(OCc4ccccc4)cc3)c(C3=CCC(OC)CC3)sc2c1. The first kappa shape index (κ1) is 22.5. The summed E-state index contributed by atoms with van der Waals surface area (Å²) < 4.78 is 24.6. The molecule has 1 atom stereocenters. The number of hydrogen-bond donors (Lipinski definition) is 0. The van der Waals surface area contributed by atoms with Crippen LogP contribution in [0.4, 0.5) is 0 Å². The van der Waals surface area contributed by atoms with Crippen molar-refractivity contribution in [3.05, 3.63) is 89.3 Å². The van der Waals surface area contributed by atoms with Gasteiger partial charge in [-0.3, -0.25) is 0 Å². The normalized spacial score (nSPS) is 15.7. The maximum atomic E-state index is 6.50. The molecule has 0 radical (unpaired) electrons.